The van der Waals surface area contributed by atoms with Crippen molar-refractivity contribution in [3.05, 3.63) is 29.6 Å². The molecule has 1 aliphatic rings. The first-order chi connectivity index (χ1) is 8.90. The normalized spacial score (nSPS) is 19.4. The number of aryl methyl sites for hydroxylation is 1. The van der Waals surface area contributed by atoms with Gasteiger partial charge in [0.1, 0.15) is 11.9 Å². The van der Waals surface area contributed by atoms with E-state index < -0.39 is 6.04 Å². The Balaban J connectivity index is 2.14. The van der Waals surface area contributed by atoms with Crippen molar-refractivity contribution in [3.63, 3.8) is 0 Å². The molecule has 0 saturated carbocycles. The van der Waals surface area contributed by atoms with E-state index >= 15 is 0 Å². The number of anilines is 1. The molecule has 1 fully saturated rings. The predicted octanol–water partition coefficient (Wildman–Crippen LogP) is 2.08. The highest BCUT2D eigenvalue weighted by Crippen LogP contribution is 2.21. The van der Waals surface area contributed by atoms with Crippen LogP contribution >= 0.6 is 0 Å². The molecule has 1 saturated heterocycles. The number of carbonyl (C=O) groups is 2. The highest BCUT2D eigenvalue weighted by atomic mass is 19.1. The number of likely N-dealkylation sites (tertiary alicyclic amines) is 1. The van der Waals surface area contributed by atoms with E-state index in [2.05, 4.69) is 5.32 Å². The fraction of sp³-hybridized carbons (Fsp3) is 0.429. The van der Waals surface area contributed by atoms with E-state index in [1.807, 2.05) is 0 Å². The van der Waals surface area contributed by atoms with Gasteiger partial charge in [-0.1, -0.05) is 6.07 Å². The first kappa shape index (κ1) is 13.5. The minimum absolute atomic E-state index is 0.118. The smallest absolute Gasteiger partial charge is 0.252 e. The molecule has 0 radical (unpaired) electrons. The molecule has 2 rings (SSSR count). The van der Waals surface area contributed by atoms with Crippen LogP contribution in [-0.2, 0) is 9.59 Å². The van der Waals surface area contributed by atoms with Gasteiger partial charge in [-0.3, -0.25) is 14.5 Å². The average Bonchev–Trinajstić information content (AvgIpc) is 2.59. The van der Waals surface area contributed by atoms with Crippen molar-refractivity contribution in [3.8, 4) is 0 Å². The van der Waals surface area contributed by atoms with Crippen LogP contribution in [0, 0.1) is 12.7 Å². The zero-order valence-electron chi connectivity index (χ0n) is 11.2. The van der Waals surface area contributed by atoms with Crippen LogP contribution in [0.3, 0.4) is 0 Å². The largest absolute Gasteiger partial charge is 0.373 e. The van der Waals surface area contributed by atoms with Gasteiger partial charge in [-0.05, 0) is 38.5 Å². The first-order valence-electron chi connectivity index (χ1n) is 6.28. The zero-order valence-corrected chi connectivity index (χ0v) is 11.2. The third-order valence-corrected chi connectivity index (χ3v) is 3.21. The molecule has 1 N–H and O–H groups in total. The summed E-state index contributed by atoms with van der Waals surface area (Å²) in [5.74, 6) is -0.770. The summed E-state index contributed by atoms with van der Waals surface area (Å²) >= 11 is 0. The van der Waals surface area contributed by atoms with Gasteiger partial charge in [0.2, 0.25) is 5.91 Å². The second kappa shape index (κ2) is 4.99. The van der Waals surface area contributed by atoms with E-state index in [-0.39, 0.29) is 30.1 Å². The molecule has 1 heterocycles. The number of nitrogens with zero attached hydrogens (tertiary/aromatic N) is 1. The standard InChI is InChI=1S/C14H17FN2O2/c1-8(2)17-13(18)7-12(14(17)19)16-10-5-4-9(3)11(15)6-10/h4-6,8,12,16H,7H2,1-3H3. The summed E-state index contributed by atoms with van der Waals surface area (Å²) in [6.07, 6.45) is 0.118. The molecule has 1 aromatic rings. The number of nitrogens with one attached hydrogen (secondary N) is 1. The average molecular weight is 264 g/mol. The highest BCUT2D eigenvalue weighted by Gasteiger charge is 2.39. The summed E-state index contributed by atoms with van der Waals surface area (Å²) in [4.78, 5) is 25.1. The summed E-state index contributed by atoms with van der Waals surface area (Å²) in [5.41, 5.74) is 1.06. The summed E-state index contributed by atoms with van der Waals surface area (Å²) in [5, 5.41) is 2.92. The van der Waals surface area contributed by atoms with E-state index in [9.17, 15) is 14.0 Å². The molecule has 0 spiro atoms. The Hall–Kier alpha value is -1.91. The van der Waals surface area contributed by atoms with Gasteiger partial charge < -0.3 is 5.32 Å². The fourth-order valence-corrected chi connectivity index (χ4v) is 2.19. The van der Waals surface area contributed by atoms with E-state index in [0.29, 0.717) is 11.3 Å². The van der Waals surface area contributed by atoms with Crippen LogP contribution in [0.15, 0.2) is 18.2 Å². The molecule has 1 aliphatic heterocycles. The second-order valence-electron chi connectivity index (χ2n) is 5.06. The molecule has 1 atom stereocenters. The van der Waals surface area contributed by atoms with Gasteiger partial charge in [0, 0.05) is 11.7 Å². The van der Waals surface area contributed by atoms with Crippen molar-refractivity contribution in [1.29, 1.82) is 0 Å². The number of halogens is 1. The maximum absolute atomic E-state index is 13.4. The molecule has 5 heteroatoms. The van der Waals surface area contributed by atoms with Crippen molar-refractivity contribution in [2.45, 2.75) is 39.3 Å². The molecule has 102 valence electrons. The lowest BCUT2D eigenvalue weighted by Gasteiger charge is -2.19. The molecule has 0 bridgehead atoms. The van der Waals surface area contributed by atoms with Crippen LogP contribution in [0.4, 0.5) is 10.1 Å². The lowest BCUT2D eigenvalue weighted by atomic mass is 10.2. The van der Waals surface area contributed by atoms with Crippen LogP contribution in [0.25, 0.3) is 0 Å². The Morgan fingerprint density at radius 1 is 1.37 bits per heavy atom. The number of rotatable bonds is 3. The van der Waals surface area contributed by atoms with E-state index in [4.69, 9.17) is 0 Å². The summed E-state index contributed by atoms with van der Waals surface area (Å²) in [6.45, 7) is 5.26. The maximum atomic E-state index is 13.4. The van der Waals surface area contributed by atoms with Gasteiger partial charge in [-0.25, -0.2) is 4.39 Å². The molecular formula is C14H17FN2O2. The van der Waals surface area contributed by atoms with Gasteiger partial charge in [-0.2, -0.15) is 0 Å². The Morgan fingerprint density at radius 2 is 2.05 bits per heavy atom. The maximum Gasteiger partial charge on any atom is 0.252 e. The van der Waals surface area contributed by atoms with Crippen LogP contribution in [0.1, 0.15) is 25.8 Å². The molecule has 19 heavy (non-hydrogen) atoms. The second-order valence-corrected chi connectivity index (χ2v) is 5.06. The third-order valence-electron chi connectivity index (χ3n) is 3.21. The molecule has 0 aliphatic carbocycles. The Bertz CT molecular complexity index is 528. The van der Waals surface area contributed by atoms with Crippen molar-refractivity contribution < 1.29 is 14.0 Å². The minimum atomic E-state index is -0.600. The topological polar surface area (TPSA) is 49.4 Å². The minimum Gasteiger partial charge on any atom is -0.373 e. The number of hydrogen-bond donors (Lipinski definition) is 1. The Kier molecular flexibility index (Phi) is 3.55. The van der Waals surface area contributed by atoms with Gasteiger partial charge >= 0.3 is 0 Å². The lowest BCUT2D eigenvalue weighted by Crippen LogP contribution is -2.39. The SMILES string of the molecule is Cc1ccc(NC2CC(=O)N(C(C)C)C2=O)cc1F. The van der Waals surface area contributed by atoms with E-state index in [1.54, 1.807) is 32.9 Å². The molecule has 4 nitrogen and oxygen atoms in total. The number of benzene rings is 1. The lowest BCUT2D eigenvalue weighted by molar-refractivity contribution is -0.140. The van der Waals surface area contributed by atoms with Gasteiger partial charge in [0.05, 0.1) is 6.42 Å². The van der Waals surface area contributed by atoms with Crippen LogP contribution in [0.5, 0.6) is 0 Å². The molecular weight excluding hydrogens is 247 g/mol. The predicted molar refractivity (Wildman–Crippen MR) is 70.2 cm³/mol. The van der Waals surface area contributed by atoms with E-state index in [1.165, 1.54) is 11.0 Å². The summed E-state index contributed by atoms with van der Waals surface area (Å²) < 4.78 is 13.4. The van der Waals surface area contributed by atoms with Crippen LogP contribution in [0.2, 0.25) is 0 Å². The zero-order chi connectivity index (χ0) is 14.2. The summed E-state index contributed by atoms with van der Waals surface area (Å²) in [7, 11) is 0. The fourth-order valence-electron chi connectivity index (χ4n) is 2.19. The number of hydrogen-bond acceptors (Lipinski definition) is 3. The number of amides is 2. The Labute approximate surface area is 111 Å². The van der Waals surface area contributed by atoms with Crippen molar-refractivity contribution in [1.82, 2.24) is 4.90 Å². The third kappa shape index (κ3) is 2.59. The van der Waals surface area contributed by atoms with Crippen molar-refractivity contribution in [2.75, 3.05) is 5.32 Å². The van der Waals surface area contributed by atoms with Crippen LogP contribution in [-0.4, -0.2) is 28.8 Å². The van der Waals surface area contributed by atoms with Crippen molar-refractivity contribution >= 4 is 17.5 Å². The van der Waals surface area contributed by atoms with Gasteiger partial charge in [-0.15, -0.1) is 0 Å². The number of carbonyl (C=O) groups excluding carboxylic acids is 2. The van der Waals surface area contributed by atoms with Crippen LogP contribution < -0.4 is 5.32 Å². The molecule has 1 unspecified atom stereocenters. The first-order valence-corrected chi connectivity index (χ1v) is 6.28. The molecule has 2 amide bonds. The van der Waals surface area contributed by atoms with Gasteiger partial charge in [0.15, 0.2) is 0 Å². The summed E-state index contributed by atoms with van der Waals surface area (Å²) in [6, 6.07) is 3.93. The van der Waals surface area contributed by atoms with E-state index in [0.717, 1.165) is 0 Å². The molecule has 0 aromatic heterocycles. The van der Waals surface area contributed by atoms with Crippen molar-refractivity contribution in [2.24, 2.45) is 0 Å². The highest BCUT2D eigenvalue weighted by molar-refractivity contribution is 6.07. The monoisotopic (exact) mass is 264 g/mol. The quantitative estimate of drug-likeness (QED) is 0.850. The molecule has 1 aromatic carbocycles. The Morgan fingerprint density at radius 3 is 2.58 bits per heavy atom. The number of imide groups is 1. The van der Waals surface area contributed by atoms with Gasteiger partial charge in [0.25, 0.3) is 5.91 Å².